The van der Waals surface area contributed by atoms with Gasteiger partial charge in [0, 0.05) is 24.0 Å². The molecule has 1 aliphatic carbocycles. The highest BCUT2D eigenvalue weighted by atomic mass is 19.4. The zero-order valence-electron chi connectivity index (χ0n) is 13.5. The Kier molecular flexibility index (Phi) is 3.89. The Morgan fingerprint density at radius 2 is 1.96 bits per heavy atom. The number of hydrogen-bond donors (Lipinski definition) is 1. The molecular formula is C16H14F3N5O2. The third-order valence-electron chi connectivity index (χ3n) is 4.30. The molecule has 0 atom stereocenters. The first-order valence-corrected chi connectivity index (χ1v) is 8.11. The molecule has 1 N–H and O–H groups in total. The van der Waals surface area contributed by atoms with Crippen LogP contribution in [0.4, 0.5) is 13.2 Å². The van der Waals surface area contributed by atoms with Crippen molar-refractivity contribution in [2.75, 3.05) is 0 Å². The molecule has 1 aliphatic rings. The summed E-state index contributed by atoms with van der Waals surface area (Å²) < 4.78 is 43.5. The Labute approximate surface area is 145 Å². The quantitative estimate of drug-likeness (QED) is 0.771. The van der Waals surface area contributed by atoms with Crippen LogP contribution in [0.1, 0.15) is 42.1 Å². The molecule has 3 aromatic rings. The zero-order valence-corrected chi connectivity index (χ0v) is 13.5. The first-order valence-electron chi connectivity index (χ1n) is 8.11. The van der Waals surface area contributed by atoms with Gasteiger partial charge in [-0.15, -0.1) is 0 Å². The zero-order chi connectivity index (χ0) is 18.3. The van der Waals surface area contributed by atoms with Gasteiger partial charge in [0.1, 0.15) is 11.3 Å². The number of nitrogens with zero attached hydrogens (tertiary/aromatic N) is 4. The summed E-state index contributed by atoms with van der Waals surface area (Å²) in [6.45, 7) is 0. The molecule has 26 heavy (non-hydrogen) atoms. The Morgan fingerprint density at radius 3 is 2.65 bits per heavy atom. The van der Waals surface area contributed by atoms with Crippen LogP contribution in [0.25, 0.3) is 17.0 Å². The number of aromatic nitrogens is 4. The van der Waals surface area contributed by atoms with Gasteiger partial charge in [0.05, 0.1) is 0 Å². The van der Waals surface area contributed by atoms with Crippen LogP contribution >= 0.6 is 0 Å². The Balaban J connectivity index is 1.59. The number of nitrogens with one attached hydrogen (secondary N) is 1. The summed E-state index contributed by atoms with van der Waals surface area (Å²) in [6.07, 6.45) is 2.45. The lowest BCUT2D eigenvalue weighted by molar-refractivity contribution is -0.159. The molecule has 0 spiro atoms. The van der Waals surface area contributed by atoms with Gasteiger partial charge in [-0.1, -0.05) is 18.0 Å². The van der Waals surface area contributed by atoms with Crippen LogP contribution in [0.3, 0.4) is 0 Å². The van der Waals surface area contributed by atoms with Crippen molar-refractivity contribution in [3.63, 3.8) is 0 Å². The third-order valence-corrected chi connectivity index (χ3v) is 4.30. The molecule has 136 valence electrons. The maximum atomic E-state index is 12.6. The molecule has 3 aromatic heterocycles. The fourth-order valence-corrected chi connectivity index (χ4v) is 3.02. The van der Waals surface area contributed by atoms with Crippen molar-refractivity contribution < 1.29 is 22.5 Å². The van der Waals surface area contributed by atoms with Gasteiger partial charge in [-0.05, 0) is 25.0 Å². The second-order valence-electron chi connectivity index (χ2n) is 6.19. The van der Waals surface area contributed by atoms with Gasteiger partial charge in [-0.3, -0.25) is 4.79 Å². The fourth-order valence-electron chi connectivity index (χ4n) is 3.02. The number of imidazole rings is 1. The van der Waals surface area contributed by atoms with Gasteiger partial charge < -0.3 is 14.2 Å². The van der Waals surface area contributed by atoms with Gasteiger partial charge in [0.25, 0.3) is 5.91 Å². The Bertz CT molecular complexity index is 956. The van der Waals surface area contributed by atoms with E-state index in [0.29, 0.717) is 11.2 Å². The smallest absolute Gasteiger partial charge is 0.348 e. The largest absolute Gasteiger partial charge is 0.471 e. The second kappa shape index (κ2) is 6.11. The van der Waals surface area contributed by atoms with E-state index < -0.39 is 12.1 Å². The lowest BCUT2D eigenvalue weighted by Crippen LogP contribution is -2.32. The van der Waals surface area contributed by atoms with Crippen LogP contribution in [0.5, 0.6) is 0 Å². The molecule has 0 aromatic carbocycles. The highest BCUT2D eigenvalue weighted by Crippen LogP contribution is 2.29. The lowest BCUT2D eigenvalue weighted by Gasteiger charge is -2.09. The number of carbonyl (C=O) groups excluding carboxylic acids is 1. The summed E-state index contributed by atoms with van der Waals surface area (Å²) in [7, 11) is 0. The number of hydrogen-bond acceptors (Lipinski definition) is 5. The van der Waals surface area contributed by atoms with E-state index in [0.717, 1.165) is 25.7 Å². The normalized spacial score (nSPS) is 15.7. The number of carbonyl (C=O) groups is 1. The van der Waals surface area contributed by atoms with Gasteiger partial charge in [0.2, 0.25) is 5.82 Å². The molecule has 4 rings (SSSR count). The van der Waals surface area contributed by atoms with Crippen molar-refractivity contribution in [1.82, 2.24) is 24.8 Å². The summed E-state index contributed by atoms with van der Waals surface area (Å²) in [5, 5.41) is 6.29. The van der Waals surface area contributed by atoms with Crippen LogP contribution in [-0.2, 0) is 6.18 Å². The van der Waals surface area contributed by atoms with E-state index in [2.05, 4.69) is 25.0 Å². The van der Waals surface area contributed by atoms with E-state index in [1.807, 2.05) is 0 Å². The van der Waals surface area contributed by atoms with Crippen LogP contribution < -0.4 is 5.32 Å². The predicted molar refractivity (Wildman–Crippen MR) is 83.2 cm³/mol. The van der Waals surface area contributed by atoms with Crippen molar-refractivity contribution in [1.29, 1.82) is 0 Å². The fraction of sp³-hybridized carbons (Fsp3) is 0.375. The summed E-state index contributed by atoms with van der Waals surface area (Å²) in [5.74, 6) is -1.86. The Hall–Kier alpha value is -2.91. The van der Waals surface area contributed by atoms with E-state index in [1.165, 1.54) is 18.5 Å². The molecule has 7 nitrogen and oxygen atoms in total. The molecule has 1 saturated carbocycles. The van der Waals surface area contributed by atoms with Gasteiger partial charge >= 0.3 is 12.1 Å². The number of halogens is 3. The molecule has 0 aliphatic heterocycles. The van der Waals surface area contributed by atoms with Gasteiger partial charge in [-0.2, -0.15) is 18.2 Å². The molecule has 3 heterocycles. The van der Waals surface area contributed by atoms with Gasteiger partial charge in [0.15, 0.2) is 0 Å². The minimum atomic E-state index is -4.70. The number of alkyl halides is 3. The molecule has 0 bridgehead atoms. The SMILES string of the molecule is O=C(NC1CCCC1)c1cn2cc(-c3noc(C(F)(F)F)n3)ccc2n1. The first kappa shape index (κ1) is 16.6. The third kappa shape index (κ3) is 3.14. The van der Waals surface area contributed by atoms with Crippen molar-refractivity contribution in [2.45, 2.75) is 37.9 Å². The lowest BCUT2D eigenvalue weighted by atomic mass is 10.2. The predicted octanol–water partition coefficient (Wildman–Crippen LogP) is 3.08. The summed E-state index contributed by atoms with van der Waals surface area (Å²) in [5.41, 5.74) is 1.06. The van der Waals surface area contributed by atoms with E-state index in [4.69, 9.17) is 0 Å². The van der Waals surface area contributed by atoms with Crippen LogP contribution in [0.15, 0.2) is 29.0 Å². The van der Waals surface area contributed by atoms with E-state index in [-0.39, 0.29) is 23.5 Å². The van der Waals surface area contributed by atoms with E-state index in [9.17, 15) is 18.0 Å². The molecular weight excluding hydrogens is 351 g/mol. The molecule has 0 saturated heterocycles. The summed E-state index contributed by atoms with van der Waals surface area (Å²) in [4.78, 5) is 19.9. The highest BCUT2D eigenvalue weighted by Gasteiger charge is 2.38. The number of amides is 1. The topological polar surface area (TPSA) is 85.3 Å². The molecule has 1 fully saturated rings. The number of pyridine rings is 1. The molecule has 10 heteroatoms. The van der Waals surface area contributed by atoms with Crippen LogP contribution in [0.2, 0.25) is 0 Å². The van der Waals surface area contributed by atoms with Crippen molar-refractivity contribution in [3.8, 4) is 11.4 Å². The van der Waals surface area contributed by atoms with Gasteiger partial charge in [-0.25, -0.2) is 4.98 Å². The molecule has 1 amide bonds. The molecule has 0 radical (unpaired) electrons. The Morgan fingerprint density at radius 1 is 1.19 bits per heavy atom. The minimum Gasteiger partial charge on any atom is -0.348 e. The van der Waals surface area contributed by atoms with Crippen molar-refractivity contribution in [3.05, 3.63) is 36.1 Å². The van der Waals surface area contributed by atoms with Crippen molar-refractivity contribution in [2.24, 2.45) is 0 Å². The highest BCUT2D eigenvalue weighted by molar-refractivity contribution is 5.93. The summed E-state index contributed by atoms with van der Waals surface area (Å²) in [6, 6.07) is 3.26. The van der Waals surface area contributed by atoms with E-state index in [1.54, 1.807) is 10.5 Å². The first-order chi connectivity index (χ1) is 12.4. The average Bonchev–Trinajstić information content (AvgIpc) is 3.33. The van der Waals surface area contributed by atoms with Crippen LogP contribution in [-0.4, -0.2) is 31.5 Å². The van der Waals surface area contributed by atoms with Crippen LogP contribution in [0, 0.1) is 0 Å². The average molecular weight is 365 g/mol. The minimum absolute atomic E-state index is 0.169. The second-order valence-corrected chi connectivity index (χ2v) is 6.19. The monoisotopic (exact) mass is 365 g/mol. The van der Waals surface area contributed by atoms with Crippen molar-refractivity contribution >= 4 is 11.6 Å². The maximum Gasteiger partial charge on any atom is 0.471 e. The number of rotatable bonds is 3. The summed E-state index contributed by atoms with van der Waals surface area (Å²) >= 11 is 0. The van der Waals surface area contributed by atoms with E-state index >= 15 is 0 Å². The standard InChI is InChI=1S/C16H14F3N5O2/c17-16(18,19)15-22-13(23-26-15)9-5-6-12-21-11(8-24(12)7-9)14(25)20-10-3-1-2-4-10/h5-8,10H,1-4H2,(H,20,25). The number of fused-ring (bicyclic) bond motifs is 1. The molecule has 0 unspecified atom stereocenters. The maximum absolute atomic E-state index is 12.6.